The molecule has 2 aromatic rings. The van der Waals surface area contributed by atoms with E-state index < -0.39 is 0 Å². The lowest BCUT2D eigenvalue weighted by Crippen LogP contribution is -2.48. The predicted octanol–water partition coefficient (Wildman–Crippen LogP) is 3.09. The van der Waals surface area contributed by atoms with Crippen molar-refractivity contribution in [1.29, 1.82) is 0 Å². The van der Waals surface area contributed by atoms with Crippen molar-refractivity contribution in [1.82, 2.24) is 25.7 Å². The summed E-state index contributed by atoms with van der Waals surface area (Å²) >= 11 is 3.48. The molecule has 148 valence electrons. The molecule has 1 aromatic carbocycles. The van der Waals surface area contributed by atoms with Gasteiger partial charge < -0.3 is 15.2 Å². The Morgan fingerprint density at radius 3 is 2.59 bits per heavy atom. The summed E-state index contributed by atoms with van der Waals surface area (Å²) < 4.78 is 6.10. The lowest BCUT2D eigenvalue weighted by molar-refractivity contribution is 0.198. The minimum absolute atomic E-state index is 0. The predicted molar refractivity (Wildman–Crippen MR) is 120 cm³/mol. The van der Waals surface area contributed by atoms with Crippen molar-refractivity contribution in [3.8, 4) is 0 Å². The highest BCUT2D eigenvalue weighted by Crippen LogP contribution is 2.16. The van der Waals surface area contributed by atoms with Crippen LogP contribution in [0.4, 0.5) is 0 Å². The second-order valence-corrected chi connectivity index (χ2v) is 7.39. The Morgan fingerprint density at radius 2 is 2.00 bits per heavy atom. The van der Waals surface area contributed by atoms with Gasteiger partial charge in [0.15, 0.2) is 11.8 Å². The molecular weight excluding hydrogens is 523 g/mol. The van der Waals surface area contributed by atoms with Crippen LogP contribution in [0.15, 0.2) is 38.3 Å². The third-order valence-electron chi connectivity index (χ3n) is 4.46. The molecular formula is C18H26BrIN6O. The molecule has 0 aliphatic carbocycles. The molecule has 1 aromatic heterocycles. The van der Waals surface area contributed by atoms with E-state index in [0.717, 1.165) is 42.9 Å². The Morgan fingerprint density at radius 1 is 1.30 bits per heavy atom. The van der Waals surface area contributed by atoms with Gasteiger partial charge in [-0.1, -0.05) is 33.2 Å². The number of likely N-dealkylation sites (tertiary alicyclic amines) is 1. The first-order valence-corrected chi connectivity index (χ1v) is 9.65. The van der Waals surface area contributed by atoms with Gasteiger partial charge in [0, 0.05) is 44.1 Å². The Balaban J connectivity index is 0.00000261. The number of aromatic nitrogens is 2. The molecule has 0 spiro atoms. The van der Waals surface area contributed by atoms with E-state index in [0.29, 0.717) is 24.3 Å². The molecule has 1 aliphatic heterocycles. The smallest absolute Gasteiger partial charge is 0.223 e. The fourth-order valence-corrected chi connectivity index (χ4v) is 3.31. The zero-order valence-corrected chi connectivity index (χ0v) is 19.5. The number of halogens is 2. The molecule has 3 rings (SSSR count). The number of hydrogen-bond donors (Lipinski definition) is 2. The number of nitrogens with one attached hydrogen (secondary N) is 2. The van der Waals surface area contributed by atoms with Gasteiger partial charge in [-0.25, -0.2) is 0 Å². The summed E-state index contributed by atoms with van der Waals surface area (Å²) in [5, 5.41) is 10.6. The maximum Gasteiger partial charge on any atom is 0.223 e. The fourth-order valence-electron chi connectivity index (χ4n) is 3.05. The average molecular weight is 549 g/mol. The van der Waals surface area contributed by atoms with E-state index >= 15 is 0 Å². The number of piperidine rings is 1. The highest BCUT2D eigenvalue weighted by atomic mass is 127. The molecule has 27 heavy (non-hydrogen) atoms. The Labute approximate surface area is 185 Å². The van der Waals surface area contributed by atoms with Crippen LogP contribution in [0.3, 0.4) is 0 Å². The number of hydrogen-bond acceptors (Lipinski definition) is 5. The van der Waals surface area contributed by atoms with Crippen molar-refractivity contribution in [3.05, 3.63) is 46.0 Å². The van der Waals surface area contributed by atoms with Crippen LogP contribution in [0.5, 0.6) is 0 Å². The number of aryl methyl sites for hydroxylation is 1. The van der Waals surface area contributed by atoms with Crippen molar-refractivity contribution < 1.29 is 4.52 Å². The van der Waals surface area contributed by atoms with Crippen molar-refractivity contribution >= 4 is 45.9 Å². The van der Waals surface area contributed by atoms with Crippen LogP contribution in [0.1, 0.15) is 30.1 Å². The molecule has 0 unspecified atom stereocenters. The molecule has 2 heterocycles. The largest absolute Gasteiger partial charge is 0.354 e. The molecule has 1 aliphatic rings. The van der Waals surface area contributed by atoms with Crippen LogP contribution in [-0.4, -0.2) is 47.2 Å². The zero-order valence-electron chi connectivity index (χ0n) is 15.6. The number of aliphatic imine (C=N–C) groups is 1. The summed E-state index contributed by atoms with van der Waals surface area (Å²) in [6.45, 7) is 5.44. The first kappa shape index (κ1) is 22.1. The standard InChI is InChI=1S/C18H25BrN6O.HI/c1-13-22-17(24-26-13)11-21-18(20-2)23-16-7-9-25(10-8-16)12-14-3-5-15(19)6-4-14;/h3-6,16H,7-12H2,1-2H3,(H2,20,21,23);1H. The Bertz CT molecular complexity index is 728. The maximum atomic E-state index is 4.98. The van der Waals surface area contributed by atoms with E-state index in [-0.39, 0.29) is 24.0 Å². The average Bonchev–Trinajstić information content (AvgIpc) is 3.07. The van der Waals surface area contributed by atoms with E-state index in [4.69, 9.17) is 4.52 Å². The van der Waals surface area contributed by atoms with Gasteiger partial charge in [-0.2, -0.15) is 4.98 Å². The fraction of sp³-hybridized carbons (Fsp3) is 0.500. The number of nitrogens with zero attached hydrogens (tertiary/aromatic N) is 4. The van der Waals surface area contributed by atoms with Crippen molar-refractivity contribution in [3.63, 3.8) is 0 Å². The first-order valence-electron chi connectivity index (χ1n) is 8.85. The third-order valence-corrected chi connectivity index (χ3v) is 4.98. The second kappa shape index (κ2) is 11.0. The molecule has 0 atom stereocenters. The van der Waals surface area contributed by atoms with Crippen molar-refractivity contribution in [2.75, 3.05) is 20.1 Å². The van der Waals surface area contributed by atoms with Gasteiger partial charge >= 0.3 is 0 Å². The Hall–Kier alpha value is -1.20. The van der Waals surface area contributed by atoms with Gasteiger partial charge in [-0.3, -0.25) is 9.89 Å². The van der Waals surface area contributed by atoms with Gasteiger partial charge in [0.2, 0.25) is 5.89 Å². The molecule has 1 saturated heterocycles. The molecule has 0 amide bonds. The monoisotopic (exact) mass is 548 g/mol. The molecule has 0 radical (unpaired) electrons. The highest BCUT2D eigenvalue weighted by molar-refractivity contribution is 14.0. The summed E-state index contributed by atoms with van der Waals surface area (Å²) in [6, 6.07) is 8.99. The summed E-state index contributed by atoms with van der Waals surface area (Å²) in [7, 11) is 1.78. The number of guanidine groups is 1. The van der Waals surface area contributed by atoms with E-state index in [1.807, 2.05) is 0 Å². The minimum Gasteiger partial charge on any atom is -0.354 e. The van der Waals surface area contributed by atoms with Gasteiger partial charge in [-0.15, -0.1) is 24.0 Å². The van der Waals surface area contributed by atoms with Crippen LogP contribution < -0.4 is 10.6 Å². The molecule has 0 bridgehead atoms. The van der Waals surface area contributed by atoms with Crippen LogP contribution >= 0.6 is 39.9 Å². The van der Waals surface area contributed by atoms with E-state index in [1.165, 1.54) is 5.56 Å². The lowest BCUT2D eigenvalue weighted by atomic mass is 10.0. The first-order chi connectivity index (χ1) is 12.6. The molecule has 1 fully saturated rings. The quantitative estimate of drug-likeness (QED) is 0.340. The molecule has 2 N–H and O–H groups in total. The minimum atomic E-state index is 0. The second-order valence-electron chi connectivity index (χ2n) is 6.48. The van der Waals surface area contributed by atoms with E-state index in [9.17, 15) is 0 Å². The van der Waals surface area contributed by atoms with Crippen LogP contribution in [-0.2, 0) is 13.1 Å². The van der Waals surface area contributed by atoms with Crippen molar-refractivity contribution in [2.45, 2.75) is 38.9 Å². The van der Waals surface area contributed by atoms with Crippen molar-refractivity contribution in [2.24, 2.45) is 4.99 Å². The number of benzene rings is 1. The van der Waals surface area contributed by atoms with Gasteiger partial charge in [0.1, 0.15) is 0 Å². The lowest BCUT2D eigenvalue weighted by Gasteiger charge is -2.33. The molecule has 0 saturated carbocycles. The van der Waals surface area contributed by atoms with Gasteiger partial charge in [-0.05, 0) is 30.5 Å². The van der Waals surface area contributed by atoms with Gasteiger partial charge in [0.05, 0.1) is 6.54 Å². The van der Waals surface area contributed by atoms with E-state index in [1.54, 1.807) is 14.0 Å². The van der Waals surface area contributed by atoms with E-state index in [2.05, 4.69) is 70.9 Å². The third kappa shape index (κ3) is 7.04. The Kier molecular flexibility index (Phi) is 8.97. The summed E-state index contributed by atoms with van der Waals surface area (Å²) in [5.74, 6) is 1.98. The summed E-state index contributed by atoms with van der Waals surface area (Å²) in [6.07, 6.45) is 2.19. The zero-order chi connectivity index (χ0) is 18.4. The maximum absolute atomic E-state index is 4.98. The topological polar surface area (TPSA) is 78.6 Å². The highest BCUT2D eigenvalue weighted by Gasteiger charge is 2.20. The van der Waals surface area contributed by atoms with Crippen LogP contribution in [0.25, 0.3) is 0 Å². The normalized spacial score (nSPS) is 16.0. The molecule has 7 nitrogen and oxygen atoms in total. The van der Waals surface area contributed by atoms with Crippen LogP contribution in [0, 0.1) is 6.92 Å². The van der Waals surface area contributed by atoms with Gasteiger partial charge in [0.25, 0.3) is 0 Å². The van der Waals surface area contributed by atoms with Crippen LogP contribution in [0.2, 0.25) is 0 Å². The summed E-state index contributed by atoms with van der Waals surface area (Å²) in [4.78, 5) is 11.0. The summed E-state index contributed by atoms with van der Waals surface area (Å²) in [5.41, 5.74) is 1.35. The number of rotatable bonds is 5. The SMILES string of the molecule is CN=C(NCc1noc(C)n1)NC1CCN(Cc2ccc(Br)cc2)CC1.I. The molecule has 9 heteroatoms.